The Balaban J connectivity index is 0.00000280. The molecule has 0 bridgehead atoms. The van der Waals surface area contributed by atoms with Gasteiger partial charge in [-0.25, -0.2) is 4.39 Å². The Morgan fingerprint density at radius 2 is 1.82 bits per heavy atom. The molecule has 0 aromatic heterocycles. The van der Waals surface area contributed by atoms with Crippen LogP contribution in [0.1, 0.15) is 12.8 Å². The number of ether oxygens (including phenoxy) is 2. The van der Waals surface area contributed by atoms with E-state index in [1.165, 1.54) is 12.1 Å². The number of aliphatic imine (C=N–C) groups is 1. The first-order chi connectivity index (χ1) is 13.2. The zero-order valence-corrected chi connectivity index (χ0v) is 18.3. The van der Waals surface area contributed by atoms with Gasteiger partial charge in [-0.15, -0.1) is 24.0 Å². The first-order valence-corrected chi connectivity index (χ1v) is 9.30. The minimum absolute atomic E-state index is 0. The average molecular weight is 499 g/mol. The SMILES string of the molecule is CN=C(NCCOc1cccc(F)c1)N1CCC(Oc2ccccc2)CC1.I. The third-order valence-corrected chi connectivity index (χ3v) is 4.45. The fourth-order valence-corrected chi connectivity index (χ4v) is 3.10. The summed E-state index contributed by atoms with van der Waals surface area (Å²) in [6.45, 7) is 2.82. The number of halogens is 2. The van der Waals surface area contributed by atoms with E-state index in [-0.39, 0.29) is 35.9 Å². The number of para-hydroxylation sites is 1. The van der Waals surface area contributed by atoms with Crippen LogP contribution in [0.25, 0.3) is 0 Å². The molecule has 1 aliphatic heterocycles. The molecule has 0 radical (unpaired) electrons. The van der Waals surface area contributed by atoms with Crippen molar-refractivity contribution in [2.45, 2.75) is 18.9 Å². The molecule has 0 aliphatic carbocycles. The lowest BCUT2D eigenvalue weighted by atomic mass is 10.1. The van der Waals surface area contributed by atoms with E-state index in [0.717, 1.165) is 37.6 Å². The van der Waals surface area contributed by atoms with Gasteiger partial charge in [-0.1, -0.05) is 24.3 Å². The van der Waals surface area contributed by atoms with Crippen LogP contribution in [0.4, 0.5) is 4.39 Å². The Morgan fingerprint density at radius 3 is 2.50 bits per heavy atom. The van der Waals surface area contributed by atoms with E-state index >= 15 is 0 Å². The smallest absolute Gasteiger partial charge is 0.193 e. The van der Waals surface area contributed by atoms with Crippen molar-refractivity contribution in [3.63, 3.8) is 0 Å². The summed E-state index contributed by atoms with van der Waals surface area (Å²) in [5.74, 6) is 2.02. The second-order valence-electron chi connectivity index (χ2n) is 6.40. The Kier molecular flexibility index (Phi) is 9.33. The highest BCUT2D eigenvalue weighted by Crippen LogP contribution is 2.18. The highest BCUT2D eigenvalue weighted by Gasteiger charge is 2.22. The Bertz CT molecular complexity index is 737. The average Bonchev–Trinajstić information content (AvgIpc) is 2.70. The van der Waals surface area contributed by atoms with Crippen LogP contribution in [0.2, 0.25) is 0 Å². The van der Waals surface area contributed by atoms with Crippen molar-refractivity contribution < 1.29 is 13.9 Å². The number of hydrogen-bond acceptors (Lipinski definition) is 3. The van der Waals surface area contributed by atoms with Crippen LogP contribution in [0, 0.1) is 5.82 Å². The number of rotatable bonds is 6. The number of guanidine groups is 1. The number of nitrogens with zero attached hydrogens (tertiary/aromatic N) is 2. The molecule has 5 nitrogen and oxygen atoms in total. The van der Waals surface area contributed by atoms with E-state index in [4.69, 9.17) is 9.47 Å². The van der Waals surface area contributed by atoms with Crippen molar-refractivity contribution >= 4 is 29.9 Å². The van der Waals surface area contributed by atoms with E-state index in [9.17, 15) is 4.39 Å². The lowest BCUT2D eigenvalue weighted by molar-refractivity contribution is 0.129. The van der Waals surface area contributed by atoms with E-state index in [0.29, 0.717) is 18.9 Å². The highest BCUT2D eigenvalue weighted by molar-refractivity contribution is 14.0. The molecule has 0 saturated carbocycles. The van der Waals surface area contributed by atoms with Crippen molar-refractivity contribution in [3.05, 3.63) is 60.4 Å². The second-order valence-corrected chi connectivity index (χ2v) is 6.40. The molecule has 7 heteroatoms. The van der Waals surface area contributed by atoms with Crippen LogP contribution in [0.5, 0.6) is 11.5 Å². The summed E-state index contributed by atoms with van der Waals surface area (Å²) in [4.78, 5) is 6.58. The van der Waals surface area contributed by atoms with Crippen LogP contribution >= 0.6 is 24.0 Å². The quantitative estimate of drug-likeness (QED) is 0.283. The summed E-state index contributed by atoms with van der Waals surface area (Å²) < 4.78 is 24.7. The zero-order chi connectivity index (χ0) is 18.9. The zero-order valence-electron chi connectivity index (χ0n) is 16.0. The third kappa shape index (κ3) is 6.85. The summed E-state index contributed by atoms with van der Waals surface area (Å²) in [5, 5.41) is 3.30. The molecular formula is C21H27FIN3O2. The number of hydrogen-bond donors (Lipinski definition) is 1. The molecule has 1 saturated heterocycles. The summed E-state index contributed by atoms with van der Waals surface area (Å²) >= 11 is 0. The molecular weight excluding hydrogens is 472 g/mol. The van der Waals surface area contributed by atoms with Crippen molar-refractivity contribution in [1.29, 1.82) is 0 Å². The van der Waals surface area contributed by atoms with E-state index < -0.39 is 0 Å². The maximum absolute atomic E-state index is 13.1. The van der Waals surface area contributed by atoms with Gasteiger partial charge in [0.1, 0.15) is 30.0 Å². The van der Waals surface area contributed by atoms with Crippen molar-refractivity contribution in [2.75, 3.05) is 33.3 Å². The molecule has 152 valence electrons. The number of nitrogens with one attached hydrogen (secondary N) is 1. The lowest BCUT2D eigenvalue weighted by Crippen LogP contribution is -2.48. The predicted molar refractivity (Wildman–Crippen MR) is 120 cm³/mol. The fourth-order valence-electron chi connectivity index (χ4n) is 3.10. The standard InChI is InChI=1S/C21H26FN3O2.HI/c1-23-21(24-12-15-26-20-9-5-6-17(22)16-20)25-13-10-19(11-14-25)27-18-7-3-2-4-8-18;/h2-9,16,19H,10-15H2,1H3,(H,23,24);1H. The number of benzene rings is 2. The third-order valence-electron chi connectivity index (χ3n) is 4.45. The lowest BCUT2D eigenvalue weighted by Gasteiger charge is -2.34. The first-order valence-electron chi connectivity index (χ1n) is 9.30. The maximum Gasteiger partial charge on any atom is 0.193 e. The molecule has 1 aliphatic rings. The van der Waals surface area contributed by atoms with E-state index in [2.05, 4.69) is 15.2 Å². The van der Waals surface area contributed by atoms with Crippen LogP contribution in [0.15, 0.2) is 59.6 Å². The molecule has 1 N–H and O–H groups in total. The van der Waals surface area contributed by atoms with Crippen molar-refractivity contribution in [2.24, 2.45) is 4.99 Å². The van der Waals surface area contributed by atoms with E-state index in [1.54, 1.807) is 19.2 Å². The summed E-state index contributed by atoms with van der Waals surface area (Å²) in [6.07, 6.45) is 2.14. The minimum Gasteiger partial charge on any atom is -0.492 e. The van der Waals surface area contributed by atoms with Gasteiger partial charge in [0.25, 0.3) is 0 Å². The molecule has 0 unspecified atom stereocenters. The van der Waals surface area contributed by atoms with Gasteiger partial charge in [0.2, 0.25) is 0 Å². The summed E-state index contributed by atoms with van der Waals surface area (Å²) in [6, 6.07) is 16.1. The van der Waals surface area contributed by atoms with Gasteiger partial charge in [-0.3, -0.25) is 4.99 Å². The molecule has 3 rings (SSSR count). The molecule has 1 fully saturated rings. The normalized spacial score (nSPS) is 14.9. The van der Waals surface area contributed by atoms with Gasteiger partial charge < -0.3 is 19.7 Å². The van der Waals surface area contributed by atoms with Crippen LogP contribution in [-0.2, 0) is 0 Å². The number of piperidine rings is 1. The van der Waals surface area contributed by atoms with Gasteiger partial charge in [-0.05, 0) is 24.3 Å². The topological polar surface area (TPSA) is 46.1 Å². The first kappa shape index (κ1) is 22.3. The molecule has 0 atom stereocenters. The van der Waals surface area contributed by atoms with Gasteiger partial charge in [-0.2, -0.15) is 0 Å². The van der Waals surface area contributed by atoms with Gasteiger partial charge in [0, 0.05) is 39.0 Å². The maximum atomic E-state index is 13.1. The molecule has 2 aromatic carbocycles. The minimum atomic E-state index is -0.295. The molecule has 1 heterocycles. The van der Waals surface area contributed by atoms with E-state index in [1.807, 2.05) is 30.3 Å². The van der Waals surface area contributed by atoms with Crippen molar-refractivity contribution in [3.8, 4) is 11.5 Å². The van der Waals surface area contributed by atoms with Crippen LogP contribution < -0.4 is 14.8 Å². The summed E-state index contributed by atoms with van der Waals surface area (Å²) in [5.41, 5.74) is 0. The largest absolute Gasteiger partial charge is 0.492 e. The summed E-state index contributed by atoms with van der Waals surface area (Å²) in [7, 11) is 1.78. The van der Waals surface area contributed by atoms with Crippen molar-refractivity contribution in [1.82, 2.24) is 10.2 Å². The molecule has 0 spiro atoms. The molecule has 2 aromatic rings. The van der Waals surface area contributed by atoms with Crippen LogP contribution in [-0.4, -0.2) is 50.3 Å². The van der Waals surface area contributed by atoms with Gasteiger partial charge in [0.05, 0.1) is 6.54 Å². The molecule has 28 heavy (non-hydrogen) atoms. The monoisotopic (exact) mass is 499 g/mol. The Hall–Kier alpha value is -2.03. The number of likely N-dealkylation sites (tertiary alicyclic amines) is 1. The predicted octanol–water partition coefficient (Wildman–Crippen LogP) is 3.94. The second kappa shape index (κ2) is 11.7. The Morgan fingerprint density at radius 1 is 1.11 bits per heavy atom. The van der Waals surface area contributed by atoms with Gasteiger partial charge >= 0.3 is 0 Å². The van der Waals surface area contributed by atoms with Crippen LogP contribution in [0.3, 0.4) is 0 Å². The van der Waals surface area contributed by atoms with Gasteiger partial charge in [0.15, 0.2) is 5.96 Å². The fraction of sp³-hybridized carbons (Fsp3) is 0.381. The molecule has 0 amide bonds. The highest BCUT2D eigenvalue weighted by atomic mass is 127. The Labute approximate surface area is 183 Å².